The van der Waals surface area contributed by atoms with Crippen molar-refractivity contribution in [2.24, 2.45) is 5.10 Å². The molecule has 0 saturated heterocycles. The number of amides is 1. The average Bonchev–Trinajstić information content (AvgIpc) is 2.64. The molecule has 1 amide bonds. The summed E-state index contributed by atoms with van der Waals surface area (Å²) in [5.74, 6) is -0.126. The van der Waals surface area contributed by atoms with Gasteiger partial charge in [-0.05, 0) is 51.0 Å². The predicted octanol–water partition coefficient (Wildman–Crippen LogP) is 3.42. The maximum atomic E-state index is 12.0. The highest BCUT2D eigenvalue weighted by atomic mass is 16.3. The maximum Gasteiger partial charge on any atom is 0.259 e. The van der Waals surface area contributed by atoms with Crippen LogP contribution in [0.3, 0.4) is 0 Å². The van der Waals surface area contributed by atoms with Crippen LogP contribution >= 0.6 is 0 Å². The van der Waals surface area contributed by atoms with Gasteiger partial charge in [-0.3, -0.25) is 4.79 Å². The third-order valence-electron chi connectivity index (χ3n) is 4.44. The highest BCUT2D eigenvalue weighted by molar-refractivity contribution is 5.87. The number of aryl methyl sites for hydroxylation is 2. The molecule has 3 N–H and O–H groups in total. The van der Waals surface area contributed by atoms with Gasteiger partial charge < -0.3 is 15.3 Å². The second kappa shape index (κ2) is 9.62. The molecule has 2 rings (SSSR count). The Morgan fingerprint density at radius 3 is 2.41 bits per heavy atom. The number of hydrazone groups is 1. The van der Waals surface area contributed by atoms with Crippen molar-refractivity contribution in [3.63, 3.8) is 0 Å². The number of rotatable bonds is 8. The lowest BCUT2D eigenvalue weighted by Gasteiger charge is -2.21. The molecule has 0 fully saturated rings. The number of aromatic hydroxyl groups is 1. The van der Waals surface area contributed by atoms with Gasteiger partial charge in [0.1, 0.15) is 5.75 Å². The molecule has 27 heavy (non-hydrogen) atoms. The van der Waals surface area contributed by atoms with Gasteiger partial charge in [0.25, 0.3) is 5.91 Å². The summed E-state index contributed by atoms with van der Waals surface area (Å²) in [7, 11) is 0. The molecule has 6 nitrogen and oxygen atoms in total. The molecule has 0 spiro atoms. The molecule has 6 heteroatoms. The molecule has 0 bridgehead atoms. The maximum absolute atomic E-state index is 12.0. The molecule has 0 radical (unpaired) electrons. The molecule has 0 aromatic heterocycles. The van der Waals surface area contributed by atoms with E-state index in [0.717, 1.165) is 35.6 Å². The van der Waals surface area contributed by atoms with Crippen LogP contribution in [0.2, 0.25) is 0 Å². The van der Waals surface area contributed by atoms with E-state index >= 15 is 0 Å². The second-order valence-corrected chi connectivity index (χ2v) is 6.33. The lowest BCUT2D eigenvalue weighted by molar-refractivity contribution is -0.119. The lowest BCUT2D eigenvalue weighted by Crippen LogP contribution is -2.26. The minimum atomic E-state index is -0.256. The highest BCUT2D eigenvalue weighted by Crippen LogP contribution is 2.23. The summed E-state index contributed by atoms with van der Waals surface area (Å²) in [6, 6.07) is 11.4. The minimum absolute atomic E-state index is 0.121. The van der Waals surface area contributed by atoms with Gasteiger partial charge in [0.15, 0.2) is 0 Å². The number of hydrogen-bond acceptors (Lipinski definition) is 5. The Morgan fingerprint density at radius 2 is 1.81 bits per heavy atom. The van der Waals surface area contributed by atoms with Crippen LogP contribution in [0.4, 0.5) is 11.4 Å². The van der Waals surface area contributed by atoms with Crippen LogP contribution in [0, 0.1) is 13.8 Å². The fourth-order valence-corrected chi connectivity index (χ4v) is 2.90. The molecule has 2 aromatic rings. The van der Waals surface area contributed by atoms with Crippen LogP contribution < -0.4 is 15.6 Å². The second-order valence-electron chi connectivity index (χ2n) is 6.33. The Kier molecular flexibility index (Phi) is 7.23. The summed E-state index contributed by atoms with van der Waals surface area (Å²) in [6.45, 7) is 9.98. The SMILES string of the molecule is CCN(CC)c1ccc(/C=N/NC(=O)CNc2c(C)cccc2C)c(O)c1. The Hall–Kier alpha value is -3.02. The number of anilines is 2. The number of para-hydroxylation sites is 1. The lowest BCUT2D eigenvalue weighted by atomic mass is 10.1. The van der Waals surface area contributed by atoms with E-state index in [0.29, 0.717) is 5.56 Å². The molecular formula is C21H28N4O2. The van der Waals surface area contributed by atoms with Crippen LogP contribution in [0.1, 0.15) is 30.5 Å². The Balaban J connectivity index is 1.92. The first-order chi connectivity index (χ1) is 13.0. The normalized spacial score (nSPS) is 10.8. The number of carbonyl (C=O) groups excluding carboxylic acids is 1. The average molecular weight is 368 g/mol. The number of phenolic OH excluding ortho intramolecular Hbond substituents is 1. The molecule has 144 valence electrons. The Morgan fingerprint density at radius 1 is 1.15 bits per heavy atom. The van der Waals surface area contributed by atoms with Crippen molar-refractivity contribution in [3.05, 3.63) is 53.1 Å². The predicted molar refractivity (Wildman–Crippen MR) is 112 cm³/mol. The standard InChI is InChI=1S/C21H28N4O2/c1-5-25(6-2)18-11-10-17(19(26)12-18)13-23-24-20(27)14-22-21-15(3)8-7-9-16(21)4/h7-13,22,26H,5-6,14H2,1-4H3,(H,24,27)/b23-13+. The first-order valence-electron chi connectivity index (χ1n) is 9.16. The van der Waals surface area contributed by atoms with E-state index in [4.69, 9.17) is 0 Å². The van der Waals surface area contributed by atoms with Gasteiger partial charge >= 0.3 is 0 Å². The quantitative estimate of drug-likeness (QED) is 0.493. The van der Waals surface area contributed by atoms with Crippen LogP contribution in [-0.4, -0.2) is 36.9 Å². The zero-order valence-corrected chi connectivity index (χ0v) is 16.4. The summed E-state index contributed by atoms with van der Waals surface area (Å²) >= 11 is 0. The summed E-state index contributed by atoms with van der Waals surface area (Å²) in [4.78, 5) is 14.1. The number of carbonyl (C=O) groups is 1. The van der Waals surface area contributed by atoms with Crippen molar-refractivity contribution in [2.45, 2.75) is 27.7 Å². The van der Waals surface area contributed by atoms with Crippen LogP contribution in [0.15, 0.2) is 41.5 Å². The van der Waals surface area contributed by atoms with Crippen molar-refractivity contribution in [3.8, 4) is 5.75 Å². The fraction of sp³-hybridized carbons (Fsp3) is 0.333. The smallest absolute Gasteiger partial charge is 0.259 e. The number of phenols is 1. The minimum Gasteiger partial charge on any atom is -0.507 e. The molecule has 0 aliphatic heterocycles. The number of nitrogens with one attached hydrogen (secondary N) is 2. The molecule has 0 saturated carbocycles. The summed E-state index contributed by atoms with van der Waals surface area (Å²) in [5, 5.41) is 17.2. The van der Waals surface area contributed by atoms with Gasteiger partial charge in [0.2, 0.25) is 0 Å². The van der Waals surface area contributed by atoms with Crippen LogP contribution in [0.5, 0.6) is 5.75 Å². The van der Waals surface area contributed by atoms with E-state index in [-0.39, 0.29) is 18.2 Å². The van der Waals surface area contributed by atoms with Crippen molar-refractivity contribution in [1.82, 2.24) is 5.43 Å². The third-order valence-corrected chi connectivity index (χ3v) is 4.44. The topological polar surface area (TPSA) is 77.0 Å². The zero-order valence-electron chi connectivity index (χ0n) is 16.4. The van der Waals surface area contributed by atoms with Gasteiger partial charge in [-0.15, -0.1) is 0 Å². The summed E-state index contributed by atoms with van der Waals surface area (Å²) in [6.07, 6.45) is 1.44. The van der Waals surface area contributed by atoms with E-state index < -0.39 is 0 Å². The van der Waals surface area contributed by atoms with Crippen LogP contribution in [0.25, 0.3) is 0 Å². The molecule has 2 aromatic carbocycles. The molecule has 0 aliphatic rings. The zero-order chi connectivity index (χ0) is 19.8. The largest absolute Gasteiger partial charge is 0.507 e. The van der Waals surface area contributed by atoms with Gasteiger partial charge in [0, 0.05) is 36.1 Å². The van der Waals surface area contributed by atoms with Crippen LogP contribution in [-0.2, 0) is 4.79 Å². The van der Waals surface area contributed by atoms with E-state index in [1.807, 2.05) is 38.1 Å². The first-order valence-corrected chi connectivity index (χ1v) is 9.16. The van der Waals surface area contributed by atoms with Gasteiger partial charge in [0.05, 0.1) is 12.8 Å². The van der Waals surface area contributed by atoms with E-state index in [1.54, 1.807) is 12.1 Å². The number of benzene rings is 2. The van der Waals surface area contributed by atoms with Crippen molar-refractivity contribution >= 4 is 23.5 Å². The third kappa shape index (κ3) is 5.48. The molecule has 0 unspecified atom stereocenters. The molecule has 0 atom stereocenters. The van der Waals surface area contributed by atoms with Gasteiger partial charge in [-0.2, -0.15) is 5.10 Å². The summed E-state index contributed by atoms with van der Waals surface area (Å²) in [5.41, 5.74) is 7.11. The Labute approximate surface area is 160 Å². The monoisotopic (exact) mass is 368 g/mol. The van der Waals surface area contributed by atoms with Gasteiger partial charge in [-0.25, -0.2) is 5.43 Å². The number of nitrogens with zero attached hydrogens (tertiary/aromatic N) is 2. The Bertz CT molecular complexity index is 794. The number of hydrogen-bond donors (Lipinski definition) is 3. The first kappa shape index (κ1) is 20.3. The van der Waals surface area contributed by atoms with E-state index in [1.165, 1.54) is 6.21 Å². The molecular weight excluding hydrogens is 340 g/mol. The molecule has 0 aliphatic carbocycles. The fourth-order valence-electron chi connectivity index (χ4n) is 2.90. The van der Waals surface area contributed by atoms with Crippen molar-refractivity contribution in [2.75, 3.05) is 29.9 Å². The molecule has 0 heterocycles. The summed E-state index contributed by atoms with van der Waals surface area (Å²) < 4.78 is 0. The van der Waals surface area contributed by atoms with E-state index in [2.05, 4.69) is 34.6 Å². The van der Waals surface area contributed by atoms with Crippen molar-refractivity contribution in [1.29, 1.82) is 0 Å². The van der Waals surface area contributed by atoms with Crippen molar-refractivity contribution < 1.29 is 9.90 Å². The van der Waals surface area contributed by atoms with Gasteiger partial charge in [-0.1, -0.05) is 18.2 Å². The highest BCUT2D eigenvalue weighted by Gasteiger charge is 2.07. The van der Waals surface area contributed by atoms with E-state index in [9.17, 15) is 9.90 Å².